The maximum atomic E-state index is 11.6. The van der Waals surface area contributed by atoms with Crippen molar-refractivity contribution in [2.75, 3.05) is 0 Å². The van der Waals surface area contributed by atoms with Crippen molar-refractivity contribution in [3.63, 3.8) is 0 Å². The third-order valence-corrected chi connectivity index (χ3v) is 0.511. The first-order chi connectivity index (χ1) is 2.89. The molecule has 0 fully saturated rings. The Hall–Kier alpha value is -0.730. The molecule has 0 spiro atoms. The summed E-state index contributed by atoms with van der Waals surface area (Å²) in [5.41, 5.74) is 0. The summed E-state index contributed by atoms with van der Waals surface area (Å²) >= 11 is 0. The summed E-state index contributed by atoms with van der Waals surface area (Å²) in [7, 11) is 0. The van der Waals surface area contributed by atoms with Crippen LogP contribution in [0.5, 0.6) is 0 Å². The van der Waals surface area contributed by atoms with E-state index in [9.17, 15) is 4.48 Å². The lowest BCUT2D eigenvalue weighted by Gasteiger charge is -1.93. The Morgan fingerprint density at radius 1 is 1.67 bits per heavy atom. The Morgan fingerprint density at radius 3 is 2.67 bits per heavy atom. The van der Waals surface area contributed by atoms with Crippen LogP contribution in [0, 0.1) is 6.67 Å². The fraction of sp³-hybridized carbons (Fsp3) is 0. The van der Waals surface area contributed by atoms with Gasteiger partial charge in [0, 0.05) is 6.20 Å². The average molecular weight is 87.1 g/mol. The highest BCUT2D eigenvalue weighted by atomic mass is 19.2. The largest absolute Gasteiger partial charge is 0.365 e. The van der Waals surface area contributed by atoms with Crippen molar-refractivity contribution in [3.05, 3.63) is 19.1 Å². The molecule has 1 aliphatic rings. The number of hydrogen-bond acceptors (Lipinski definition) is 2. The van der Waals surface area contributed by atoms with Crippen molar-refractivity contribution in [3.8, 4) is 0 Å². The molecule has 0 saturated carbocycles. The Bertz CT molecular complexity index is 71.2. The molecule has 33 valence electrons. The number of halogens is 1. The second-order valence-corrected chi connectivity index (χ2v) is 0.956. The summed E-state index contributed by atoms with van der Waals surface area (Å²) in [6, 6.07) is 0. The topological polar surface area (TPSA) is 15.3 Å². The van der Waals surface area contributed by atoms with Gasteiger partial charge >= 0.3 is 0 Å². The van der Waals surface area contributed by atoms with Crippen molar-refractivity contribution >= 4 is 0 Å². The van der Waals surface area contributed by atoms with E-state index in [-0.39, 0.29) is 0 Å². The Labute approximate surface area is 35.2 Å². The van der Waals surface area contributed by atoms with E-state index in [1.165, 1.54) is 19.1 Å². The minimum atomic E-state index is 0.444. The number of nitrogens with zero attached hydrogens (tertiary/aromatic N) is 1. The molecule has 0 aliphatic carbocycles. The van der Waals surface area contributed by atoms with E-state index >= 15 is 0 Å². The van der Waals surface area contributed by atoms with E-state index in [4.69, 9.17) is 0 Å². The maximum Gasteiger partial charge on any atom is 0.171 e. The molecule has 0 saturated heterocycles. The van der Waals surface area contributed by atoms with E-state index in [2.05, 4.69) is 5.32 Å². The molecular formula is C3H4FN2. The van der Waals surface area contributed by atoms with Gasteiger partial charge in [-0.25, -0.2) is 0 Å². The monoisotopic (exact) mass is 87.0 g/mol. The molecule has 2 nitrogen and oxygen atoms in total. The smallest absolute Gasteiger partial charge is 0.171 e. The molecule has 0 aromatic heterocycles. The second kappa shape index (κ2) is 1.16. The first kappa shape index (κ1) is 3.46. The van der Waals surface area contributed by atoms with Gasteiger partial charge in [-0.3, -0.25) is 0 Å². The SMILES string of the molecule is FN1[CH]NC=C1. The van der Waals surface area contributed by atoms with Gasteiger partial charge in [0.2, 0.25) is 0 Å². The zero-order valence-corrected chi connectivity index (χ0v) is 3.06. The lowest BCUT2D eigenvalue weighted by atomic mass is 11.0. The molecular weight excluding hydrogens is 83.0 g/mol. The third-order valence-electron chi connectivity index (χ3n) is 0.511. The van der Waals surface area contributed by atoms with Gasteiger partial charge < -0.3 is 5.32 Å². The second-order valence-electron chi connectivity index (χ2n) is 0.956. The normalized spacial score (nSPS) is 18.5. The fourth-order valence-electron chi connectivity index (χ4n) is 0.272. The van der Waals surface area contributed by atoms with Crippen LogP contribution in [-0.4, -0.2) is 5.12 Å². The van der Waals surface area contributed by atoms with Gasteiger partial charge in [0.25, 0.3) is 0 Å². The molecule has 0 amide bonds. The Kier molecular flexibility index (Phi) is 0.670. The Balaban J connectivity index is 2.38. The predicted molar refractivity (Wildman–Crippen MR) is 19.5 cm³/mol. The highest BCUT2D eigenvalue weighted by molar-refractivity contribution is 4.88. The lowest BCUT2D eigenvalue weighted by molar-refractivity contribution is 0.135. The van der Waals surface area contributed by atoms with Crippen LogP contribution < -0.4 is 5.32 Å². The van der Waals surface area contributed by atoms with Gasteiger partial charge in [-0.05, 0) is 0 Å². The minimum Gasteiger partial charge on any atom is -0.365 e. The van der Waals surface area contributed by atoms with Gasteiger partial charge in [-0.2, -0.15) is 5.12 Å². The van der Waals surface area contributed by atoms with Crippen molar-refractivity contribution in [2.24, 2.45) is 0 Å². The number of hydrogen-bond donors (Lipinski definition) is 1. The first-order valence-corrected chi connectivity index (χ1v) is 1.60. The van der Waals surface area contributed by atoms with Crippen LogP contribution in [0.3, 0.4) is 0 Å². The summed E-state index contributed by atoms with van der Waals surface area (Å²) in [6.07, 6.45) is 2.78. The van der Waals surface area contributed by atoms with Gasteiger partial charge in [0.05, 0.1) is 6.20 Å². The molecule has 1 rings (SSSR count). The predicted octanol–water partition coefficient (Wildman–Crippen LogP) is 0.367. The number of nitrogens with one attached hydrogen (secondary N) is 1. The standard InChI is InChI=1S/C3H4FN2/c4-6-2-1-5-3-6/h1-3,5H. The van der Waals surface area contributed by atoms with E-state index in [1.807, 2.05) is 0 Å². The summed E-state index contributed by atoms with van der Waals surface area (Å²) in [5.74, 6) is 0. The van der Waals surface area contributed by atoms with Crippen LogP contribution in [0.25, 0.3) is 0 Å². The first-order valence-electron chi connectivity index (χ1n) is 1.60. The quantitative estimate of drug-likeness (QED) is 0.429. The number of rotatable bonds is 0. The molecule has 6 heavy (non-hydrogen) atoms. The van der Waals surface area contributed by atoms with E-state index in [0.717, 1.165) is 0 Å². The van der Waals surface area contributed by atoms with E-state index in [1.54, 1.807) is 0 Å². The molecule has 0 unspecified atom stereocenters. The van der Waals surface area contributed by atoms with Crippen LogP contribution in [0.2, 0.25) is 0 Å². The molecule has 0 atom stereocenters. The van der Waals surface area contributed by atoms with Gasteiger partial charge in [-0.15, -0.1) is 0 Å². The van der Waals surface area contributed by atoms with Crippen LogP contribution >= 0.6 is 0 Å². The fourth-order valence-corrected chi connectivity index (χ4v) is 0.272. The van der Waals surface area contributed by atoms with Crippen LogP contribution in [-0.2, 0) is 0 Å². The van der Waals surface area contributed by atoms with Gasteiger partial charge in [0.15, 0.2) is 6.67 Å². The van der Waals surface area contributed by atoms with Crippen molar-refractivity contribution in [1.82, 2.24) is 10.4 Å². The molecule has 1 aliphatic heterocycles. The van der Waals surface area contributed by atoms with Crippen LogP contribution in [0.1, 0.15) is 0 Å². The minimum absolute atomic E-state index is 0.444. The van der Waals surface area contributed by atoms with Crippen molar-refractivity contribution in [1.29, 1.82) is 0 Å². The lowest BCUT2D eigenvalue weighted by Crippen LogP contribution is -2.02. The summed E-state index contributed by atoms with van der Waals surface area (Å²) in [5, 5.41) is 2.96. The molecule has 1 heterocycles. The molecule has 0 aromatic rings. The summed E-state index contributed by atoms with van der Waals surface area (Å²) in [6.45, 7) is 1.21. The molecule has 0 aromatic carbocycles. The third kappa shape index (κ3) is 0.429. The van der Waals surface area contributed by atoms with E-state index in [0.29, 0.717) is 5.12 Å². The maximum absolute atomic E-state index is 11.6. The molecule has 0 bridgehead atoms. The van der Waals surface area contributed by atoms with Crippen LogP contribution in [0.15, 0.2) is 12.4 Å². The van der Waals surface area contributed by atoms with Gasteiger partial charge in [-0.1, -0.05) is 4.48 Å². The molecule has 1 N–H and O–H groups in total. The van der Waals surface area contributed by atoms with Crippen molar-refractivity contribution in [2.45, 2.75) is 0 Å². The molecule has 1 radical (unpaired) electrons. The summed E-state index contributed by atoms with van der Waals surface area (Å²) < 4.78 is 11.6. The zero-order chi connectivity index (χ0) is 4.41. The highest BCUT2D eigenvalue weighted by Gasteiger charge is 1.97. The summed E-state index contributed by atoms with van der Waals surface area (Å²) in [4.78, 5) is 0. The van der Waals surface area contributed by atoms with Gasteiger partial charge in [0.1, 0.15) is 0 Å². The average Bonchev–Trinajstić information content (AvgIpc) is 1.86. The Morgan fingerprint density at radius 2 is 2.50 bits per heavy atom. The van der Waals surface area contributed by atoms with Crippen LogP contribution in [0.4, 0.5) is 4.48 Å². The zero-order valence-electron chi connectivity index (χ0n) is 3.06. The van der Waals surface area contributed by atoms with Crippen molar-refractivity contribution < 1.29 is 4.48 Å². The molecule has 3 heteroatoms. The van der Waals surface area contributed by atoms with E-state index < -0.39 is 0 Å². The highest BCUT2D eigenvalue weighted by Crippen LogP contribution is 1.96.